The van der Waals surface area contributed by atoms with E-state index in [9.17, 15) is 14.9 Å². The Morgan fingerprint density at radius 1 is 1.23 bits per heavy atom. The van der Waals surface area contributed by atoms with Crippen LogP contribution in [-0.2, 0) is 9.59 Å². The highest BCUT2D eigenvalue weighted by Crippen LogP contribution is 2.19. The van der Waals surface area contributed by atoms with Gasteiger partial charge in [-0.2, -0.15) is 5.26 Å². The van der Waals surface area contributed by atoms with Crippen molar-refractivity contribution in [2.75, 3.05) is 26.2 Å². The first-order valence-electron chi connectivity index (χ1n) is 8.49. The smallest absolute Gasteiger partial charge is 0.240 e. The summed E-state index contributed by atoms with van der Waals surface area (Å²) >= 11 is 0. The average Bonchev–Trinajstić information content (AvgIpc) is 2.52. The standard InChI is InChI=1S/C17H29N3O2/c1-4-8-19(9-5-2)16(21)12-15(13-18)17(22)20-10-6-14(3)7-11-20/h14-15H,4-12H2,1-3H3. The quantitative estimate of drug-likeness (QED) is 0.725. The molecule has 0 bridgehead atoms. The Hall–Kier alpha value is -1.57. The van der Waals surface area contributed by atoms with E-state index in [-0.39, 0.29) is 18.2 Å². The van der Waals surface area contributed by atoms with Gasteiger partial charge in [0.2, 0.25) is 11.8 Å². The highest BCUT2D eigenvalue weighted by Gasteiger charge is 2.30. The van der Waals surface area contributed by atoms with Crippen molar-refractivity contribution >= 4 is 11.8 Å². The first-order valence-corrected chi connectivity index (χ1v) is 8.49. The summed E-state index contributed by atoms with van der Waals surface area (Å²) in [4.78, 5) is 28.3. The molecule has 1 aliphatic heterocycles. The van der Waals surface area contributed by atoms with Gasteiger partial charge >= 0.3 is 0 Å². The lowest BCUT2D eigenvalue weighted by Gasteiger charge is -2.32. The lowest BCUT2D eigenvalue weighted by molar-refractivity contribution is -0.140. The van der Waals surface area contributed by atoms with Gasteiger partial charge < -0.3 is 9.80 Å². The Morgan fingerprint density at radius 2 is 1.77 bits per heavy atom. The van der Waals surface area contributed by atoms with E-state index in [2.05, 4.69) is 6.92 Å². The number of rotatable bonds is 7. The molecule has 0 aromatic heterocycles. The second-order valence-corrected chi connectivity index (χ2v) is 6.27. The minimum Gasteiger partial charge on any atom is -0.343 e. The Kier molecular flexibility index (Phi) is 7.94. The minimum atomic E-state index is -0.836. The molecule has 1 unspecified atom stereocenters. The molecule has 0 aromatic carbocycles. The normalized spacial score (nSPS) is 16.9. The van der Waals surface area contributed by atoms with Gasteiger partial charge in [-0.15, -0.1) is 0 Å². The van der Waals surface area contributed by atoms with E-state index < -0.39 is 5.92 Å². The van der Waals surface area contributed by atoms with E-state index >= 15 is 0 Å². The molecule has 5 nitrogen and oxygen atoms in total. The molecule has 5 heteroatoms. The SMILES string of the molecule is CCCN(CCC)C(=O)CC(C#N)C(=O)N1CCC(C)CC1. The van der Waals surface area contributed by atoms with E-state index in [0.29, 0.717) is 32.1 Å². The number of piperidine rings is 1. The Labute approximate surface area is 134 Å². The van der Waals surface area contributed by atoms with Crippen LogP contribution in [0.25, 0.3) is 0 Å². The molecule has 1 fully saturated rings. The molecule has 0 N–H and O–H groups in total. The van der Waals surface area contributed by atoms with Gasteiger partial charge in [0, 0.05) is 26.2 Å². The maximum Gasteiger partial charge on any atom is 0.240 e. The third-order valence-corrected chi connectivity index (χ3v) is 4.27. The number of nitriles is 1. The van der Waals surface area contributed by atoms with Crippen LogP contribution in [-0.4, -0.2) is 47.8 Å². The number of hydrogen-bond donors (Lipinski definition) is 0. The first kappa shape index (κ1) is 18.5. The predicted molar refractivity (Wildman–Crippen MR) is 85.9 cm³/mol. The van der Waals surface area contributed by atoms with Crippen LogP contribution >= 0.6 is 0 Å². The summed E-state index contributed by atoms with van der Waals surface area (Å²) in [5, 5.41) is 9.30. The molecule has 0 aromatic rings. The molecule has 22 heavy (non-hydrogen) atoms. The van der Waals surface area contributed by atoms with Crippen LogP contribution < -0.4 is 0 Å². The number of nitrogens with zero attached hydrogens (tertiary/aromatic N) is 3. The van der Waals surface area contributed by atoms with Gasteiger partial charge in [-0.1, -0.05) is 20.8 Å². The molecule has 0 aliphatic carbocycles. The van der Waals surface area contributed by atoms with Crippen LogP contribution in [0.4, 0.5) is 0 Å². The Bertz CT molecular complexity index is 403. The van der Waals surface area contributed by atoms with E-state index in [4.69, 9.17) is 0 Å². The number of amides is 2. The number of likely N-dealkylation sites (tertiary alicyclic amines) is 1. The van der Waals surface area contributed by atoms with Gasteiger partial charge in [-0.3, -0.25) is 9.59 Å². The van der Waals surface area contributed by atoms with Crippen molar-refractivity contribution in [3.63, 3.8) is 0 Å². The van der Waals surface area contributed by atoms with Gasteiger partial charge in [-0.25, -0.2) is 0 Å². The molecule has 1 saturated heterocycles. The largest absolute Gasteiger partial charge is 0.343 e. The maximum absolute atomic E-state index is 12.4. The zero-order valence-electron chi connectivity index (χ0n) is 14.2. The van der Waals surface area contributed by atoms with E-state index in [1.165, 1.54) is 0 Å². The number of carbonyl (C=O) groups is 2. The fourth-order valence-corrected chi connectivity index (χ4v) is 2.84. The highest BCUT2D eigenvalue weighted by atomic mass is 16.2. The first-order chi connectivity index (χ1) is 10.5. The fourth-order valence-electron chi connectivity index (χ4n) is 2.84. The van der Waals surface area contributed by atoms with E-state index in [1.54, 1.807) is 9.80 Å². The topological polar surface area (TPSA) is 64.4 Å². The number of hydrogen-bond acceptors (Lipinski definition) is 3. The monoisotopic (exact) mass is 307 g/mol. The molecule has 0 radical (unpaired) electrons. The zero-order chi connectivity index (χ0) is 16.5. The van der Waals surface area contributed by atoms with E-state index in [0.717, 1.165) is 25.7 Å². The number of carbonyl (C=O) groups excluding carboxylic acids is 2. The molecule has 1 atom stereocenters. The van der Waals surface area contributed by atoms with Crippen LogP contribution in [0, 0.1) is 23.2 Å². The molecule has 2 amide bonds. The molecular formula is C17H29N3O2. The third kappa shape index (κ3) is 5.32. The Balaban J connectivity index is 2.61. The summed E-state index contributed by atoms with van der Waals surface area (Å²) in [6.45, 7) is 9.04. The van der Waals surface area contributed by atoms with Gasteiger partial charge in [0.25, 0.3) is 0 Å². The molecule has 0 saturated carbocycles. The van der Waals surface area contributed by atoms with Crippen molar-refractivity contribution in [3.8, 4) is 6.07 Å². The second kappa shape index (κ2) is 9.45. The second-order valence-electron chi connectivity index (χ2n) is 6.27. The third-order valence-electron chi connectivity index (χ3n) is 4.27. The van der Waals surface area contributed by atoms with Crippen LogP contribution in [0.5, 0.6) is 0 Å². The van der Waals surface area contributed by atoms with Gasteiger partial charge in [-0.05, 0) is 31.6 Å². The summed E-state index contributed by atoms with van der Waals surface area (Å²) in [6, 6.07) is 2.04. The van der Waals surface area contributed by atoms with Crippen molar-refractivity contribution in [3.05, 3.63) is 0 Å². The lowest BCUT2D eigenvalue weighted by atomic mass is 9.97. The lowest BCUT2D eigenvalue weighted by Crippen LogP contribution is -2.43. The zero-order valence-corrected chi connectivity index (χ0v) is 14.2. The maximum atomic E-state index is 12.4. The van der Waals surface area contributed by atoms with Crippen LogP contribution in [0.2, 0.25) is 0 Å². The Morgan fingerprint density at radius 3 is 2.23 bits per heavy atom. The van der Waals surface area contributed by atoms with Crippen molar-refractivity contribution in [1.29, 1.82) is 5.26 Å². The predicted octanol–water partition coefficient (Wildman–Crippen LogP) is 2.42. The van der Waals surface area contributed by atoms with Crippen molar-refractivity contribution in [1.82, 2.24) is 9.80 Å². The molecule has 124 valence electrons. The van der Waals surface area contributed by atoms with Gasteiger partial charge in [0.1, 0.15) is 5.92 Å². The molecule has 1 rings (SSSR count). The van der Waals surface area contributed by atoms with Crippen LogP contribution in [0.3, 0.4) is 0 Å². The average molecular weight is 307 g/mol. The van der Waals surface area contributed by atoms with Crippen LogP contribution in [0.1, 0.15) is 52.9 Å². The van der Waals surface area contributed by atoms with Crippen LogP contribution in [0.15, 0.2) is 0 Å². The highest BCUT2D eigenvalue weighted by molar-refractivity contribution is 5.87. The molecular weight excluding hydrogens is 278 g/mol. The van der Waals surface area contributed by atoms with E-state index in [1.807, 2.05) is 19.9 Å². The summed E-state index contributed by atoms with van der Waals surface area (Å²) in [5.74, 6) is -0.447. The molecule has 1 aliphatic rings. The van der Waals surface area contributed by atoms with Gasteiger partial charge in [0.15, 0.2) is 0 Å². The van der Waals surface area contributed by atoms with Gasteiger partial charge in [0.05, 0.1) is 12.5 Å². The minimum absolute atomic E-state index is 0.0153. The van der Waals surface area contributed by atoms with Crippen molar-refractivity contribution < 1.29 is 9.59 Å². The van der Waals surface area contributed by atoms with Crippen molar-refractivity contribution in [2.24, 2.45) is 11.8 Å². The van der Waals surface area contributed by atoms with Crippen molar-refractivity contribution in [2.45, 2.75) is 52.9 Å². The molecule has 1 heterocycles. The summed E-state index contributed by atoms with van der Waals surface area (Å²) < 4.78 is 0. The molecule has 0 spiro atoms. The summed E-state index contributed by atoms with van der Waals surface area (Å²) in [5.41, 5.74) is 0. The summed E-state index contributed by atoms with van der Waals surface area (Å²) in [7, 11) is 0. The summed E-state index contributed by atoms with van der Waals surface area (Å²) in [6.07, 6.45) is 3.76. The fraction of sp³-hybridized carbons (Fsp3) is 0.824.